The van der Waals surface area contributed by atoms with Crippen LogP contribution < -0.4 is 5.32 Å². The molecule has 0 radical (unpaired) electrons. The quantitative estimate of drug-likeness (QED) is 0.0524. The van der Waals surface area contributed by atoms with Crippen molar-refractivity contribution in [3.05, 3.63) is 82.9 Å². The fraction of sp³-hybridized carbons (Fsp3) is 0.577. The van der Waals surface area contributed by atoms with E-state index in [0.29, 0.717) is 0 Å². The van der Waals surface area contributed by atoms with Crippen molar-refractivity contribution in [3.63, 3.8) is 0 Å². The maximum atomic E-state index is 15.2. The minimum Gasteiger partial charge on any atom is -0.455 e. The third kappa shape index (κ3) is 12.2. The van der Waals surface area contributed by atoms with Gasteiger partial charge in [0.25, 0.3) is 0 Å². The van der Waals surface area contributed by atoms with Gasteiger partial charge in [0.15, 0.2) is 17.7 Å². The summed E-state index contributed by atoms with van der Waals surface area (Å²) in [6.07, 6.45) is -14.0. The first kappa shape index (κ1) is 57.9. The van der Waals surface area contributed by atoms with E-state index in [0.717, 1.165) is 28.5 Å². The predicted molar refractivity (Wildman–Crippen MR) is 265 cm³/mol. The number of hydrogen-bond acceptors (Lipinski definition) is 21. The molecule has 1 saturated heterocycles. The number of Topliss-reactive ketones (excluding diaryl/α,β-unsaturated/α-hetero) is 2. The minimum atomic E-state index is -2.41. The lowest BCUT2D eigenvalue weighted by Gasteiger charge is -2.65. The topological polar surface area (TPSA) is 283 Å². The fourth-order valence-corrected chi connectivity index (χ4v) is 12.0. The molecule has 3 fully saturated rings. The Morgan fingerprint density at radius 3 is 2.05 bits per heavy atom. The SMILES string of the molecule is COCC(=O)C(C)OC(=O)CSSCC(=O)OC(C(=O)OC1CC2(O)C(OC(=O)c3ccccc3)C3C4C(CC(O)C3(C)C(=O)C(O)C(=C1C)C2(C)C)OC4OC(C)=O)C(NC(=O)OC(C)(C)C)c1ccccc1. The van der Waals surface area contributed by atoms with Crippen LogP contribution in [0.1, 0.15) is 97.1 Å². The number of carbonyl (C=O) groups is 8. The van der Waals surface area contributed by atoms with E-state index in [4.69, 9.17) is 37.9 Å². The molecule has 3 aliphatic carbocycles. The second-order valence-electron chi connectivity index (χ2n) is 20.5. The molecule has 2 aromatic rings. The van der Waals surface area contributed by atoms with E-state index >= 15 is 9.59 Å². The molecule has 20 nitrogen and oxygen atoms in total. The molecule has 74 heavy (non-hydrogen) atoms. The fourth-order valence-electron chi connectivity index (χ4n) is 10.5. The van der Waals surface area contributed by atoms with Crippen LogP contribution in [0, 0.1) is 22.7 Å². The Kier molecular flexibility index (Phi) is 18.2. The first-order chi connectivity index (χ1) is 34.7. The predicted octanol–water partition coefficient (Wildman–Crippen LogP) is 4.54. The Balaban J connectivity index is 1.41. The molecule has 2 saturated carbocycles. The third-order valence-corrected chi connectivity index (χ3v) is 16.3. The monoisotopic (exact) mass is 1070 g/mol. The molecule has 0 spiro atoms. The second kappa shape index (κ2) is 23.3. The van der Waals surface area contributed by atoms with Crippen molar-refractivity contribution in [2.45, 2.75) is 141 Å². The lowest BCUT2D eigenvalue weighted by molar-refractivity contribution is -0.352. The number of aliphatic hydroxyl groups is 3. The van der Waals surface area contributed by atoms with Crippen molar-refractivity contribution in [1.29, 1.82) is 0 Å². The molecular weight excluding hydrogens is 1010 g/mol. The summed E-state index contributed by atoms with van der Waals surface area (Å²) in [6.45, 7) is 13.0. The highest BCUT2D eigenvalue weighted by atomic mass is 33.1. The Morgan fingerprint density at radius 2 is 1.47 bits per heavy atom. The van der Waals surface area contributed by atoms with Crippen LogP contribution in [0.25, 0.3) is 0 Å². The number of methoxy groups -OCH3 is 1. The maximum Gasteiger partial charge on any atom is 0.408 e. The zero-order valence-corrected chi connectivity index (χ0v) is 44.5. The highest BCUT2D eigenvalue weighted by Gasteiger charge is 2.74. The van der Waals surface area contributed by atoms with Crippen molar-refractivity contribution >= 4 is 69.1 Å². The number of nitrogens with one attached hydrogen (secondary N) is 1. The van der Waals surface area contributed by atoms with Gasteiger partial charge in [-0.25, -0.2) is 14.4 Å². The highest BCUT2D eigenvalue weighted by Crippen LogP contribution is 2.63. The van der Waals surface area contributed by atoms with Gasteiger partial charge in [0.2, 0.25) is 12.4 Å². The Hall–Kier alpha value is -5.36. The van der Waals surface area contributed by atoms with E-state index in [1.165, 1.54) is 53.9 Å². The molecule has 4 aliphatic rings. The minimum absolute atomic E-state index is 0.0543. The molecule has 404 valence electrons. The average molecular weight is 1070 g/mol. The maximum absolute atomic E-state index is 15.2. The van der Waals surface area contributed by atoms with E-state index in [9.17, 15) is 44.1 Å². The Labute approximate surface area is 436 Å². The van der Waals surface area contributed by atoms with Gasteiger partial charge < -0.3 is 58.5 Å². The second-order valence-corrected chi connectivity index (χ2v) is 23.0. The first-order valence-corrected chi connectivity index (χ1v) is 26.5. The van der Waals surface area contributed by atoms with Gasteiger partial charge in [-0.1, -0.05) is 84.0 Å². The van der Waals surface area contributed by atoms with Crippen LogP contribution in [-0.2, 0) is 66.7 Å². The standard InChI is InChI=1S/C52H65NO19S2/c1-26-33(68-46(62)42(40(29-17-13-11-14-18-29)53-48(63)72-49(4,5)6)70-36(58)25-74-73-24-35(57)66-27(2)31(55)23-65-10)22-52(64)44(71-45(61)30-19-15-12-16-20-30)39-37-32(69-47(37)67-28(3)54)21-34(56)51(39,9)43(60)41(59)38(26)50(52,7)8/h11-20,27,32-34,37,39-42,44,47,56,59,64H,21-25H2,1-10H3,(H,53,63). The van der Waals surface area contributed by atoms with E-state index in [-0.39, 0.29) is 41.1 Å². The van der Waals surface area contributed by atoms with Gasteiger partial charge in [-0.2, -0.15) is 0 Å². The summed E-state index contributed by atoms with van der Waals surface area (Å²) in [5.41, 5.74) is -6.85. The van der Waals surface area contributed by atoms with Gasteiger partial charge in [0.1, 0.15) is 53.7 Å². The molecule has 13 atom stereocenters. The number of ether oxygens (including phenoxy) is 8. The van der Waals surface area contributed by atoms with Crippen LogP contribution >= 0.6 is 21.6 Å². The number of carbonyl (C=O) groups excluding carboxylic acids is 8. The summed E-state index contributed by atoms with van der Waals surface area (Å²) >= 11 is 0. The van der Waals surface area contributed by atoms with Gasteiger partial charge in [-0.05, 0) is 70.4 Å². The van der Waals surface area contributed by atoms with Crippen LogP contribution in [0.3, 0.4) is 0 Å². The normalized spacial score (nSPS) is 29.2. The van der Waals surface area contributed by atoms with Crippen LogP contribution in [0.4, 0.5) is 4.79 Å². The van der Waals surface area contributed by atoms with Crippen molar-refractivity contribution < 1.29 is 91.6 Å². The van der Waals surface area contributed by atoms with Crippen molar-refractivity contribution in [3.8, 4) is 0 Å². The molecule has 2 bridgehead atoms. The molecular formula is C52H65NO19S2. The lowest BCUT2D eigenvalue weighted by Crippen LogP contribution is -2.76. The average Bonchev–Trinajstić information content (AvgIpc) is 3.32. The summed E-state index contributed by atoms with van der Waals surface area (Å²) in [6, 6.07) is 14.3. The molecule has 2 aromatic carbocycles. The summed E-state index contributed by atoms with van der Waals surface area (Å²) in [5.74, 6) is -9.28. The number of aliphatic hydroxyl groups excluding tert-OH is 2. The number of benzene rings is 2. The van der Waals surface area contributed by atoms with E-state index in [2.05, 4.69) is 5.32 Å². The zero-order valence-electron chi connectivity index (χ0n) is 42.8. The van der Waals surface area contributed by atoms with Crippen LogP contribution in [0.15, 0.2) is 71.8 Å². The number of ketones is 2. The molecule has 6 rings (SSSR count). The molecule has 4 N–H and O–H groups in total. The molecule has 1 aliphatic heterocycles. The number of amides is 1. The molecule has 1 heterocycles. The van der Waals surface area contributed by atoms with Crippen molar-refractivity contribution in [1.82, 2.24) is 5.32 Å². The smallest absolute Gasteiger partial charge is 0.408 e. The third-order valence-electron chi connectivity index (χ3n) is 14.2. The van der Waals surface area contributed by atoms with Crippen LogP contribution in [0.2, 0.25) is 0 Å². The van der Waals surface area contributed by atoms with E-state index in [1.807, 2.05) is 0 Å². The van der Waals surface area contributed by atoms with Gasteiger partial charge in [-0.3, -0.25) is 24.0 Å². The Bertz CT molecular complexity index is 2480. The highest BCUT2D eigenvalue weighted by molar-refractivity contribution is 8.77. The van der Waals surface area contributed by atoms with Gasteiger partial charge in [0, 0.05) is 38.2 Å². The molecule has 22 heteroatoms. The van der Waals surface area contributed by atoms with Crippen LogP contribution in [-0.4, -0.2) is 148 Å². The van der Waals surface area contributed by atoms with E-state index < -0.39 is 149 Å². The summed E-state index contributed by atoms with van der Waals surface area (Å²) in [4.78, 5) is 109. The van der Waals surface area contributed by atoms with Gasteiger partial charge in [-0.15, -0.1) is 0 Å². The summed E-state index contributed by atoms with van der Waals surface area (Å²) < 4.78 is 45.5. The van der Waals surface area contributed by atoms with E-state index in [1.54, 1.807) is 69.3 Å². The molecule has 13 unspecified atom stereocenters. The van der Waals surface area contributed by atoms with Crippen LogP contribution in [0.5, 0.6) is 0 Å². The van der Waals surface area contributed by atoms with Gasteiger partial charge in [0.05, 0.1) is 29.1 Å². The number of alkyl carbamates (subject to hydrolysis) is 1. The lowest BCUT2D eigenvalue weighted by atomic mass is 9.45. The number of esters is 5. The number of hydrogen-bond donors (Lipinski definition) is 4. The zero-order chi connectivity index (χ0) is 54.7. The Morgan fingerprint density at radius 1 is 0.878 bits per heavy atom. The molecule has 0 aromatic heterocycles. The van der Waals surface area contributed by atoms with Crippen molar-refractivity contribution in [2.24, 2.45) is 22.7 Å². The first-order valence-electron chi connectivity index (χ1n) is 24.0. The largest absolute Gasteiger partial charge is 0.455 e. The van der Waals surface area contributed by atoms with Gasteiger partial charge >= 0.3 is 35.9 Å². The number of fused-ring (bicyclic) bond motifs is 5. The van der Waals surface area contributed by atoms with Crippen molar-refractivity contribution in [2.75, 3.05) is 25.2 Å². The molecule has 1 amide bonds. The number of rotatable bonds is 18. The summed E-state index contributed by atoms with van der Waals surface area (Å²) in [5, 5.41) is 40.7. The summed E-state index contributed by atoms with van der Waals surface area (Å²) in [7, 11) is 3.08.